The lowest BCUT2D eigenvalue weighted by molar-refractivity contribution is -0.156. The topological polar surface area (TPSA) is 102 Å². The van der Waals surface area contributed by atoms with E-state index in [1.54, 1.807) is 29.2 Å². The van der Waals surface area contributed by atoms with Crippen molar-refractivity contribution >= 4 is 22.6 Å². The second-order valence-electron chi connectivity index (χ2n) is 6.44. The van der Waals surface area contributed by atoms with Gasteiger partial charge in [-0.1, -0.05) is 18.2 Å². The van der Waals surface area contributed by atoms with E-state index in [0.717, 1.165) is 0 Å². The molecule has 2 atom stereocenters. The zero-order valence-corrected chi connectivity index (χ0v) is 14.7. The van der Waals surface area contributed by atoms with Gasteiger partial charge in [0.25, 0.3) is 11.5 Å². The molecule has 0 aliphatic carbocycles. The summed E-state index contributed by atoms with van der Waals surface area (Å²) in [5, 5.41) is 7.35. The number of nitrogens with one attached hydrogen (secondary N) is 1. The van der Waals surface area contributed by atoms with Gasteiger partial charge in [-0.05, 0) is 19.9 Å². The summed E-state index contributed by atoms with van der Waals surface area (Å²) < 4.78 is 10.7. The molecule has 0 bridgehead atoms. The third-order valence-electron chi connectivity index (χ3n) is 4.22. The van der Waals surface area contributed by atoms with Crippen molar-refractivity contribution in [3.8, 4) is 0 Å². The van der Waals surface area contributed by atoms with Crippen LogP contribution in [0.25, 0.3) is 10.8 Å². The number of fused-ring (bicyclic) bond motifs is 1. The molecule has 0 spiro atoms. The number of ether oxygens (including phenoxy) is 2. The second kappa shape index (κ2) is 7.65. The summed E-state index contributed by atoms with van der Waals surface area (Å²) in [7, 11) is 0. The van der Waals surface area contributed by atoms with E-state index in [1.165, 1.54) is 0 Å². The molecule has 1 N–H and O–H groups in total. The van der Waals surface area contributed by atoms with Crippen LogP contribution in [0.2, 0.25) is 0 Å². The Morgan fingerprint density at radius 1 is 1.23 bits per heavy atom. The zero-order chi connectivity index (χ0) is 18.7. The number of aromatic nitrogens is 2. The van der Waals surface area contributed by atoms with Gasteiger partial charge in [0.15, 0.2) is 6.61 Å². The number of nitrogens with zero attached hydrogens (tertiary/aromatic N) is 2. The van der Waals surface area contributed by atoms with Gasteiger partial charge in [-0.15, -0.1) is 0 Å². The Morgan fingerprint density at radius 3 is 2.58 bits per heavy atom. The Balaban J connectivity index is 1.60. The van der Waals surface area contributed by atoms with Crippen LogP contribution < -0.4 is 5.56 Å². The van der Waals surface area contributed by atoms with Crippen LogP contribution in [0.1, 0.15) is 19.5 Å². The predicted molar refractivity (Wildman–Crippen MR) is 93.6 cm³/mol. The van der Waals surface area contributed by atoms with Crippen molar-refractivity contribution < 1.29 is 19.1 Å². The van der Waals surface area contributed by atoms with E-state index in [1.807, 2.05) is 13.8 Å². The number of carbonyl (C=O) groups excluding carboxylic acids is 2. The monoisotopic (exact) mass is 359 g/mol. The minimum absolute atomic E-state index is 0.0462. The molecular weight excluding hydrogens is 338 g/mol. The summed E-state index contributed by atoms with van der Waals surface area (Å²) in [6.07, 6.45) is -0.217. The van der Waals surface area contributed by atoms with Crippen molar-refractivity contribution in [1.29, 1.82) is 0 Å². The molecule has 8 nitrogen and oxygen atoms in total. The molecule has 8 heteroatoms. The highest BCUT2D eigenvalue weighted by Gasteiger charge is 2.26. The summed E-state index contributed by atoms with van der Waals surface area (Å²) in [5.74, 6) is -0.822. The van der Waals surface area contributed by atoms with Crippen LogP contribution in [-0.4, -0.2) is 58.9 Å². The quantitative estimate of drug-likeness (QED) is 0.804. The van der Waals surface area contributed by atoms with Crippen LogP contribution in [0.15, 0.2) is 29.1 Å². The molecule has 1 aromatic carbocycles. The molecule has 1 fully saturated rings. The third kappa shape index (κ3) is 4.08. The Kier molecular flexibility index (Phi) is 5.32. The maximum atomic E-state index is 12.2. The summed E-state index contributed by atoms with van der Waals surface area (Å²) in [4.78, 5) is 37.7. The largest absolute Gasteiger partial charge is 0.455 e. The first kappa shape index (κ1) is 18.1. The van der Waals surface area contributed by atoms with Gasteiger partial charge in [0, 0.05) is 18.5 Å². The van der Waals surface area contributed by atoms with Crippen molar-refractivity contribution in [2.45, 2.75) is 32.5 Å². The summed E-state index contributed by atoms with van der Waals surface area (Å²) in [5.41, 5.74) is 0.0923. The highest BCUT2D eigenvalue weighted by molar-refractivity contribution is 5.87. The van der Waals surface area contributed by atoms with Gasteiger partial charge in [-0.2, -0.15) is 5.10 Å². The van der Waals surface area contributed by atoms with Crippen molar-refractivity contribution in [2.75, 3.05) is 19.7 Å². The van der Waals surface area contributed by atoms with Gasteiger partial charge in [0.1, 0.15) is 0 Å². The molecule has 26 heavy (non-hydrogen) atoms. The van der Waals surface area contributed by atoms with Crippen molar-refractivity contribution in [3.63, 3.8) is 0 Å². The number of rotatable bonds is 4. The van der Waals surface area contributed by atoms with E-state index in [4.69, 9.17) is 9.47 Å². The summed E-state index contributed by atoms with van der Waals surface area (Å²) in [6.45, 7) is 4.43. The predicted octanol–water partition coefficient (Wildman–Crippen LogP) is 0.645. The minimum atomic E-state index is -0.572. The lowest BCUT2D eigenvalue weighted by atomic mass is 10.1. The highest BCUT2D eigenvalue weighted by Crippen LogP contribution is 2.14. The highest BCUT2D eigenvalue weighted by atomic mass is 16.5. The smallest absolute Gasteiger partial charge is 0.312 e. The van der Waals surface area contributed by atoms with Gasteiger partial charge in [0.05, 0.1) is 29.7 Å². The fraction of sp³-hybridized carbons (Fsp3) is 0.444. The van der Waals surface area contributed by atoms with E-state index in [-0.39, 0.29) is 36.7 Å². The lowest BCUT2D eigenvalue weighted by Crippen LogP contribution is -2.49. The molecule has 1 aliphatic heterocycles. The minimum Gasteiger partial charge on any atom is -0.455 e. The molecule has 1 amide bonds. The van der Waals surface area contributed by atoms with Crippen LogP contribution in [0.3, 0.4) is 0 Å². The third-order valence-corrected chi connectivity index (χ3v) is 4.22. The van der Waals surface area contributed by atoms with Gasteiger partial charge in [-0.25, -0.2) is 5.10 Å². The fourth-order valence-electron chi connectivity index (χ4n) is 3.11. The van der Waals surface area contributed by atoms with Crippen molar-refractivity contribution in [2.24, 2.45) is 0 Å². The number of esters is 1. The molecule has 3 rings (SSSR count). The van der Waals surface area contributed by atoms with Crippen molar-refractivity contribution in [3.05, 3.63) is 40.3 Å². The zero-order valence-electron chi connectivity index (χ0n) is 14.7. The normalized spacial score (nSPS) is 20.2. The van der Waals surface area contributed by atoms with Gasteiger partial charge >= 0.3 is 5.97 Å². The van der Waals surface area contributed by atoms with Crippen LogP contribution in [0.4, 0.5) is 0 Å². The van der Waals surface area contributed by atoms with E-state index in [2.05, 4.69) is 10.2 Å². The standard InChI is InChI=1S/C18H21N3O5/c1-11-8-21(9-12(2)26-11)16(22)10-25-17(23)7-15-13-5-3-4-6-14(13)18(24)20-19-15/h3-6,11-12H,7-10H2,1-2H3,(H,20,24)/t11-,12+. The number of benzene rings is 1. The van der Waals surface area contributed by atoms with E-state index < -0.39 is 5.97 Å². The molecule has 1 aliphatic rings. The first-order chi connectivity index (χ1) is 12.4. The van der Waals surface area contributed by atoms with Crippen LogP contribution in [-0.2, 0) is 25.5 Å². The number of amides is 1. The molecule has 1 aromatic heterocycles. The fourth-order valence-corrected chi connectivity index (χ4v) is 3.11. The number of hydrogen-bond acceptors (Lipinski definition) is 6. The second-order valence-corrected chi connectivity index (χ2v) is 6.44. The molecule has 2 heterocycles. The SMILES string of the molecule is C[C@@H]1CN(C(=O)COC(=O)Cc2n[nH]c(=O)c3ccccc23)C[C@H](C)O1. The summed E-state index contributed by atoms with van der Waals surface area (Å²) >= 11 is 0. The van der Waals surface area contributed by atoms with E-state index in [9.17, 15) is 14.4 Å². The van der Waals surface area contributed by atoms with Crippen molar-refractivity contribution in [1.82, 2.24) is 15.1 Å². The average Bonchev–Trinajstić information content (AvgIpc) is 2.61. The maximum Gasteiger partial charge on any atom is 0.312 e. The first-order valence-corrected chi connectivity index (χ1v) is 8.49. The number of hydrogen-bond donors (Lipinski definition) is 1. The molecule has 138 valence electrons. The number of carbonyl (C=O) groups is 2. The average molecular weight is 359 g/mol. The number of morpholine rings is 1. The molecular formula is C18H21N3O5. The maximum absolute atomic E-state index is 12.2. The molecule has 1 saturated heterocycles. The molecule has 0 radical (unpaired) electrons. The lowest BCUT2D eigenvalue weighted by Gasteiger charge is -2.35. The molecule has 2 aromatic rings. The Hall–Kier alpha value is -2.74. The van der Waals surface area contributed by atoms with E-state index in [0.29, 0.717) is 29.6 Å². The van der Waals surface area contributed by atoms with E-state index >= 15 is 0 Å². The molecule has 0 saturated carbocycles. The number of aromatic amines is 1. The Labute approximate surface area is 150 Å². The van der Waals surface area contributed by atoms with Gasteiger partial charge in [-0.3, -0.25) is 14.4 Å². The van der Waals surface area contributed by atoms with Crippen LogP contribution in [0, 0.1) is 0 Å². The van der Waals surface area contributed by atoms with Gasteiger partial charge in [0.2, 0.25) is 0 Å². The van der Waals surface area contributed by atoms with Crippen LogP contribution >= 0.6 is 0 Å². The molecule has 0 unspecified atom stereocenters. The Bertz CT molecular complexity index is 869. The summed E-state index contributed by atoms with van der Waals surface area (Å²) in [6, 6.07) is 6.89. The first-order valence-electron chi connectivity index (χ1n) is 8.49. The Morgan fingerprint density at radius 2 is 1.88 bits per heavy atom. The van der Waals surface area contributed by atoms with Crippen LogP contribution in [0.5, 0.6) is 0 Å². The van der Waals surface area contributed by atoms with Gasteiger partial charge < -0.3 is 14.4 Å². The number of H-pyrrole nitrogens is 1.